The number of carboxylic acids is 1. The highest BCUT2D eigenvalue weighted by Crippen LogP contribution is 2.29. The molecule has 0 saturated heterocycles. The van der Waals surface area contributed by atoms with Crippen LogP contribution in [-0.2, 0) is 4.79 Å². The first-order valence-corrected chi connectivity index (χ1v) is 13.4. The van der Waals surface area contributed by atoms with E-state index in [0.717, 1.165) is 32.1 Å². The van der Waals surface area contributed by atoms with Crippen molar-refractivity contribution in [2.24, 2.45) is 11.8 Å². The summed E-state index contributed by atoms with van der Waals surface area (Å²) >= 11 is 0. The van der Waals surface area contributed by atoms with E-state index in [-0.39, 0.29) is 5.92 Å². The van der Waals surface area contributed by atoms with Crippen molar-refractivity contribution in [1.82, 2.24) is 0 Å². The molecule has 0 aromatic carbocycles. The van der Waals surface area contributed by atoms with E-state index in [9.17, 15) is 9.90 Å². The summed E-state index contributed by atoms with van der Waals surface area (Å²) in [6, 6.07) is 0. The van der Waals surface area contributed by atoms with Crippen LogP contribution in [0.5, 0.6) is 0 Å². The molecule has 0 bridgehead atoms. The maximum Gasteiger partial charge on any atom is 0.306 e. The molecule has 0 aliphatic carbocycles. The number of hydrogen-bond acceptors (Lipinski definition) is 1. The van der Waals surface area contributed by atoms with Crippen LogP contribution >= 0.6 is 0 Å². The zero-order valence-corrected chi connectivity index (χ0v) is 20.4. The molecular formula is C27H54O2. The van der Waals surface area contributed by atoms with Crippen molar-refractivity contribution in [3.05, 3.63) is 0 Å². The summed E-state index contributed by atoms with van der Waals surface area (Å²) in [6.45, 7) is 6.66. The van der Waals surface area contributed by atoms with Crippen LogP contribution in [0.25, 0.3) is 0 Å². The quantitative estimate of drug-likeness (QED) is 0.170. The first-order valence-electron chi connectivity index (χ1n) is 13.4. The van der Waals surface area contributed by atoms with Gasteiger partial charge in [0.25, 0.3) is 0 Å². The molecule has 29 heavy (non-hydrogen) atoms. The van der Waals surface area contributed by atoms with Gasteiger partial charge >= 0.3 is 5.97 Å². The maximum atomic E-state index is 11.8. The number of rotatable bonds is 23. The van der Waals surface area contributed by atoms with E-state index < -0.39 is 5.97 Å². The highest BCUT2D eigenvalue weighted by Gasteiger charge is 2.26. The predicted molar refractivity (Wildman–Crippen MR) is 129 cm³/mol. The Morgan fingerprint density at radius 3 is 1.28 bits per heavy atom. The van der Waals surface area contributed by atoms with Crippen LogP contribution in [0.2, 0.25) is 0 Å². The topological polar surface area (TPSA) is 37.3 Å². The van der Waals surface area contributed by atoms with Gasteiger partial charge in [-0.1, -0.05) is 136 Å². The van der Waals surface area contributed by atoms with E-state index >= 15 is 0 Å². The lowest BCUT2D eigenvalue weighted by atomic mass is 9.81. The molecule has 0 amide bonds. The molecule has 0 aromatic heterocycles. The molecular weight excluding hydrogens is 356 g/mol. The molecule has 1 N–H and O–H groups in total. The molecule has 2 unspecified atom stereocenters. The van der Waals surface area contributed by atoms with Crippen LogP contribution in [0.1, 0.15) is 156 Å². The van der Waals surface area contributed by atoms with Crippen molar-refractivity contribution in [3.8, 4) is 0 Å². The fraction of sp³-hybridized carbons (Fsp3) is 0.963. The van der Waals surface area contributed by atoms with E-state index in [0.29, 0.717) is 5.92 Å². The standard InChI is InChI=1S/C27H54O2/c1-4-7-10-11-12-13-14-15-16-17-18-19-20-21-23-25(22-8-5-2)26(27(28)29)24-9-6-3/h25-26H,4-24H2,1-3H3,(H,28,29). The van der Waals surface area contributed by atoms with Gasteiger partial charge in [0.15, 0.2) is 0 Å². The number of unbranched alkanes of at least 4 members (excludes halogenated alkanes) is 15. The van der Waals surface area contributed by atoms with Crippen molar-refractivity contribution in [3.63, 3.8) is 0 Å². The van der Waals surface area contributed by atoms with Gasteiger partial charge in [-0.15, -0.1) is 0 Å². The van der Waals surface area contributed by atoms with Crippen LogP contribution < -0.4 is 0 Å². The Hall–Kier alpha value is -0.530. The second-order valence-corrected chi connectivity index (χ2v) is 9.37. The smallest absolute Gasteiger partial charge is 0.306 e. The molecule has 0 radical (unpaired) electrons. The average molecular weight is 411 g/mol. The highest BCUT2D eigenvalue weighted by molar-refractivity contribution is 5.70. The molecule has 174 valence electrons. The van der Waals surface area contributed by atoms with E-state index in [2.05, 4.69) is 20.8 Å². The van der Waals surface area contributed by atoms with E-state index in [1.54, 1.807) is 0 Å². The largest absolute Gasteiger partial charge is 0.481 e. The van der Waals surface area contributed by atoms with Gasteiger partial charge < -0.3 is 5.11 Å². The van der Waals surface area contributed by atoms with Crippen molar-refractivity contribution >= 4 is 5.97 Å². The van der Waals surface area contributed by atoms with Crippen LogP contribution in [0.3, 0.4) is 0 Å². The minimum atomic E-state index is -0.551. The first-order chi connectivity index (χ1) is 14.2. The number of carbonyl (C=O) groups is 1. The fourth-order valence-corrected chi connectivity index (χ4v) is 4.60. The highest BCUT2D eigenvalue weighted by atomic mass is 16.4. The van der Waals surface area contributed by atoms with Crippen LogP contribution in [-0.4, -0.2) is 11.1 Å². The molecule has 0 spiro atoms. The monoisotopic (exact) mass is 410 g/mol. The Labute approximate surface area is 183 Å². The van der Waals surface area contributed by atoms with Gasteiger partial charge in [0.1, 0.15) is 0 Å². The molecule has 0 saturated carbocycles. The van der Waals surface area contributed by atoms with E-state index in [4.69, 9.17) is 0 Å². The van der Waals surface area contributed by atoms with Gasteiger partial charge in [-0.3, -0.25) is 4.79 Å². The van der Waals surface area contributed by atoms with Gasteiger partial charge in [0.05, 0.1) is 5.92 Å². The second-order valence-electron chi connectivity index (χ2n) is 9.37. The Morgan fingerprint density at radius 1 is 0.517 bits per heavy atom. The van der Waals surface area contributed by atoms with Gasteiger partial charge in [0.2, 0.25) is 0 Å². The normalized spacial score (nSPS) is 13.5. The molecule has 2 nitrogen and oxygen atoms in total. The molecule has 0 aliphatic rings. The number of carboxylic acid groups (broad SMARTS) is 1. The summed E-state index contributed by atoms with van der Waals surface area (Å²) < 4.78 is 0. The van der Waals surface area contributed by atoms with Crippen molar-refractivity contribution in [2.45, 2.75) is 156 Å². The first kappa shape index (κ1) is 28.5. The lowest BCUT2D eigenvalue weighted by molar-refractivity contribution is -0.144. The van der Waals surface area contributed by atoms with E-state index in [1.165, 1.54) is 103 Å². The maximum absolute atomic E-state index is 11.8. The van der Waals surface area contributed by atoms with Crippen molar-refractivity contribution in [1.29, 1.82) is 0 Å². The molecule has 0 aromatic rings. The average Bonchev–Trinajstić information content (AvgIpc) is 2.71. The third kappa shape index (κ3) is 18.0. The third-order valence-electron chi connectivity index (χ3n) is 6.61. The summed E-state index contributed by atoms with van der Waals surface area (Å²) in [5.41, 5.74) is 0. The zero-order chi connectivity index (χ0) is 21.6. The lowest BCUT2D eigenvalue weighted by Gasteiger charge is -2.24. The fourth-order valence-electron chi connectivity index (χ4n) is 4.60. The number of aliphatic carboxylic acids is 1. The SMILES string of the molecule is CCCCCCCCCCCCCCCCC(CCCC)C(CCCC)C(=O)O. The summed E-state index contributed by atoms with van der Waals surface area (Å²) in [6.07, 6.45) is 27.0. The molecule has 2 atom stereocenters. The van der Waals surface area contributed by atoms with Crippen LogP contribution in [0.4, 0.5) is 0 Å². The Kier molecular flexibility index (Phi) is 21.8. The van der Waals surface area contributed by atoms with Crippen molar-refractivity contribution < 1.29 is 9.90 Å². The Morgan fingerprint density at radius 2 is 0.862 bits per heavy atom. The Bertz CT molecular complexity index is 339. The second kappa shape index (κ2) is 22.2. The minimum absolute atomic E-state index is 0.108. The molecule has 0 aliphatic heterocycles. The zero-order valence-electron chi connectivity index (χ0n) is 20.4. The number of hydrogen-bond donors (Lipinski definition) is 1. The molecule has 0 heterocycles. The summed E-state index contributed by atoms with van der Waals surface area (Å²) in [5.74, 6) is -0.260. The predicted octanol–water partition coefficient (Wildman–Crippen LogP) is 9.56. The van der Waals surface area contributed by atoms with Crippen LogP contribution in [0.15, 0.2) is 0 Å². The molecule has 0 fully saturated rings. The van der Waals surface area contributed by atoms with Crippen LogP contribution in [0, 0.1) is 11.8 Å². The third-order valence-corrected chi connectivity index (χ3v) is 6.61. The summed E-state index contributed by atoms with van der Waals surface area (Å²) in [4.78, 5) is 11.8. The van der Waals surface area contributed by atoms with Gasteiger partial charge in [-0.2, -0.15) is 0 Å². The van der Waals surface area contributed by atoms with Gasteiger partial charge in [-0.25, -0.2) is 0 Å². The Balaban J connectivity index is 3.75. The summed E-state index contributed by atoms with van der Waals surface area (Å²) in [5, 5.41) is 9.68. The van der Waals surface area contributed by atoms with Gasteiger partial charge in [-0.05, 0) is 25.2 Å². The lowest BCUT2D eigenvalue weighted by Crippen LogP contribution is -2.24. The van der Waals surface area contributed by atoms with Gasteiger partial charge in [0, 0.05) is 0 Å². The molecule has 0 rings (SSSR count). The minimum Gasteiger partial charge on any atom is -0.481 e. The summed E-state index contributed by atoms with van der Waals surface area (Å²) in [7, 11) is 0. The van der Waals surface area contributed by atoms with Crippen molar-refractivity contribution in [2.75, 3.05) is 0 Å². The molecule has 2 heteroatoms. The van der Waals surface area contributed by atoms with E-state index in [1.807, 2.05) is 0 Å².